The highest BCUT2D eigenvalue weighted by atomic mass is 16.2. The van der Waals surface area contributed by atoms with Crippen molar-refractivity contribution >= 4 is 16.9 Å². The van der Waals surface area contributed by atoms with E-state index in [2.05, 4.69) is 29.4 Å². The minimum atomic E-state index is 0.0359. The lowest BCUT2D eigenvalue weighted by Gasteiger charge is -2.01. The van der Waals surface area contributed by atoms with Crippen LogP contribution in [0.1, 0.15) is 69.5 Å². The number of hydrogen-bond donors (Lipinski definition) is 0. The third-order valence-corrected chi connectivity index (χ3v) is 3.99. The molecule has 23 heavy (non-hydrogen) atoms. The quantitative estimate of drug-likeness (QED) is 0.449. The van der Waals surface area contributed by atoms with Gasteiger partial charge in [-0.15, -0.1) is 5.10 Å². The van der Waals surface area contributed by atoms with Gasteiger partial charge in [-0.3, -0.25) is 4.79 Å². The van der Waals surface area contributed by atoms with Gasteiger partial charge in [0.25, 0.3) is 0 Å². The Labute approximate surface area is 138 Å². The molecule has 1 heterocycles. The van der Waals surface area contributed by atoms with Crippen molar-refractivity contribution < 1.29 is 4.79 Å². The molecule has 0 spiro atoms. The van der Waals surface area contributed by atoms with E-state index in [1.807, 2.05) is 24.3 Å². The molecule has 2 aromatic rings. The number of carbonyl (C=O) groups is 1. The third-order valence-electron chi connectivity index (χ3n) is 3.99. The molecule has 1 aromatic carbocycles. The van der Waals surface area contributed by atoms with Crippen LogP contribution < -0.4 is 0 Å². The van der Waals surface area contributed by atoms with Gasteiger partial charge in [-0.1, -0.05) is 55.7 Å². The van der Waals surface area contributed by atoms with Crippen LogP contribution in [0, 0.1) is 0 Å². The second-order valence-corrected chi connectivity index (χ2v) is 5.95. The SMILES string of the molecule is CCCCC/C=C/CCCCCC(=O)n1nnc2ccccc21. The van der Waals surface area contributed by atoms with E-state index in [1.165, 1.54) is 30.4 Å². The number of para-hydroxylation sites is 1. The summed E-state index contributed by atoms with van der Waals surface area (Å²) in [5.41, 5.74) is 1.57. The highest BCUT2D eigenvalue weighted by Crippen LogP contribution is 2.12. The number of rotatable bonds is 10. The molecule has 0 aliphatic heterocycles. The van der Waals surface area contributed by atoms with E-state index in [-0.39, 0.29) is 5.91 Å². The molecular weight excluding hydrogens is 286 g/mol. The van der Waals surface area contributed by atoms with Gasteiger partial charge in [0.2, 0.25) is 5.91 Å². The molecule has 4 heteroatoms. The van der Waals surface area contributed by atoms with E-state index >= 15 is 0 Å². The fourth-order valence-electron chi connectivity index (χ4n) is 2.62. The molecule has 1 aromatic heterocycles. The summed E-state index contributed by atoms with van der Waals surface area (Å²) < 4.78 is 1.43. The van der Waals surface area contributed by atoms with Gasteiger partial charge in [-0.2, -0.15) is 4.68 Å². The molecule has 4 nitrogen and oxygen atoms in total. The highest BCUT2D eigenvalue weighted by Gasteiger charge is 2.10. The normalized spacial score (nSPS) is 11.5. The van der Waals surface area contributed by atoms with Crippen LogP contribution in [0.5, 0.6) is 0 Å². The summed E-state index contributed by atoms with van der Waals surface area (Å²) in [7, 11) is 0. The van der Waals surface area contributed by atoms with Crippen LogP contribution in [0.4, 0.5) is 0 Å². The molecule has 124 valence electrons. The molecule has 0 bridgehead atoms. The van der Waals surface area contributed by atoms with E-state index < -0.39 is 0 Å². The number of carbonyl (C=O) groups excluding carboxylic acids is 1. The summed E-state index contributed by atoms with van der Waals surface area (Å²) in [6, 6.07) is 7.57. The lowest BCUT2D eigenvalue weighted by atomic mass is 10.1. The maximum atomic E-state index is 12.2. The molecule has 0 saturated carbocycles. The Morgan fingerprint density at radius 1 is 1.04 bits per heavy atom. The zero-order valence-corrected chi connectivity index (χ0v) is 14.1. The Morgan fingerprint density at radius 2 is 1.78 bits per heavy atom. The van der Waals surface area contributed by atoms with Crippen molar-refractivity contribution in [1.29, 1.82) is 0 Å². The number of nitrogens with zero attached hydrogens (tertiary/aromatic N) is 3. The van der Waals surface area contributed by atoms with Gasteiger partial charge in [-0.25, -0.2) is 0 Å². The molecule has 0 N–H and O–H groups in total. The summed E-state index contributed by atoms with van der Waals surface area (Å²) in [6.45, 7) is 2.23. The van der Waals surface area contributed by atoms with E-state index in [4.69, 9.17) is 0 Å². The number of aromatic nitrogens is 3. The molecule has 2 rings (SSSR count). The van der Waals surface area contributed by atoms with E-state index in [9.17, 15) is 4.79 Å². The number of unbranched alkanes of at least 4 members (excludes halogenated alkanes) is 6. The van der Waals surface area contributed by atoms with Crippen molar-refractivity contribution in [3.8, 4) is 0 Å². The zero-order chi connectivity index (χ0) is 16.3. The fraction of sp³-hybridized carbons (Fsp3) is 0.526. The number of hydrogen-bond acceptors (Lipinski definition) is 3. The molecule has 0 unspecified atom stereocenters. The minimum Gasteiger partial charge on any atom is -0.273 e. The predicted octanol–water partition coefficient (Wildman–Crippen LogP) is 5.16. The van der Waals surface area contributed by atoms with Crippen LogP contribution in [0.25, 0.3) is 11.0 Å². The average Bonchev–Trinajstić information content (AvgIpc) is 3.00. The van der Waals surface area contributed by atoms with Crippen LogP contribution in [-0.2, 0) is 0 Å². The second kappa shape index (κ2) is 9.93. The third kappa shape index (κ3) is 5.62. The van der Waals surface area contributed by atoms with Crippen LogP contribution in [0.2, 0.25) is 0 Å². The number of fused-ring (bicyclic) bond motifs is 1. The molecule has 0 saturated heterocycles. The Morgan fingerprint density at radius 3 is 2.57 bits per heavy atom. The first kappa shape index (κ1) is 17.4. The fourth-order valence-corrected chi connectivity index (χ4v) is 2.62. The van der Waals surface area contributed by atoms with Gasteiger partial charge in [0.1, 0.15) is 5.52 Å². The van der Waals surface area contributed by atoms with E-state index in [1.54, 1.807) is 0 Å². The van der Waals surface area contributed by atoms with E-state index in [0.29, 0.717) is 6.42 Å². The van der Waals surface area contributed by atoms with Crippen LogP contribution in [0.3, 0.4) is 0 Å². The molecule has 0 aliphatic carbocycles. The maximum absolute atomic E-state index is 12.2. The number of allylic oxidation sites excluding steroid dienone is 2. The summed E-state index contributed by atoms with van der Waals surface area (Å²) in [6.07, 6.45) is 14.5. The number of benzene rings is 1. The van der Waals surface area contributed by atoms with Crippen molar-refractivity contribution in [2.24, 2.45) is 0 Å². The maximum Gasteiger partial charge on any atom is 0.248 e. The summed E-state index contributed by atoms with van der Waals surface area (Å²) in [4.78, 5) is 12.2. The van der Waals surface area contributed by atoms with Crippen molar-refractivity contribution in [1.82, 2.24) is 15.0 Å². The second-order valence-electron chi connectivity index (χ2n) is 5.95. The zero-order valence-electron chi connectivity index (χ0n) is 14.1. The summed E-state index contributed by atoms with van der Waals surface area (Å²) >= 11 is 0. The van der Waals surface area contributed by atoms with Crippen molar-refractivity contribution in [3.63, 3.8) is 0 Å². The van der Waals surface area contributed by atoms with Crippen LogP contribution >= 0.6 is 0 Å². The minimum absolute atomic E-state index is 0.0359. The Bertz CT molecular complexity index is 630. The molecule has 0 aliphatic rings. The summed E-state index contributed by atoms with van der Waals surface area (Å²) in [5.74, 6) is 0.0359. The van der Waals surface area contributed by atoms with Crippen LogP contribution in [-0.4, -0.2) is 20.9 Å². The largest absolute Gasteiger partial charge is 0.273 e. The van der Waals surface area contributed by atoms with Gasteiger partial charge >= 0.3 is 0 Å². The van der Waals surface area contributed by atoms with Crippen molar-refractivity contribution in [2.75, 3.05) is 0 Å². The first-order valence-electron chi connectivity index (χ1n) is 8.81. The van der Waals surface area contributed by atoms with E-state index in [0.717, 1.165) is 36.7 Å². The lowest BCUT2D eigenvalue weighted by molar-refractivity contribution is 0.0886. The Balaban J connectivity index is 1.62. The standard InChI is InChI=1S/C19H27N3O/c1-2-3-4-5-6-7-8-9-10-11-16-19(23)22-18-15-13-12-14-17(18)20-21-22/h6-7,12-15H,2-5,8-11,16H2,1H3/b7-6+. The Kier molecular flexibility index (Phi) is 7.50. The molecule has 0 amide bonds. The topological polar surface area (TPSA) is 47.8 Å². The first-order chi connectivity index (χ1) is 11.3. The lowest BCUT2D eigenvalue weighted by Crippen LogP contribution is -2.12. The highest BCUT2D eigenvalue weighted by molar-refractivity contribution is 5.88. The van der Waals surface area contributed by atoms with Crippen LogP contribution in [0.15, 0.2) is 36.4 Å². The first-order valence-corrected chi connectivity index (χ1v) is 8.81. The van der Waals surface area contributed by atoms with Gasteiger partial charge < -0.3 is 0 Å². The molecule has 0 radical (unpaired) electrons. The van der Waals surface area contributed by atoms with Gasteiger partial charge in [-0.05, 0) is 44.2 Å². The summed E-state index contributed by atoms with van der Waals surface area (Å²) in [5, 5.41) is 7.99. The smallest absolute Gasteiger partial charge is 0.248 e. The van der Waals surface area contributed by atoms with Crippen molar-refractivity contribution in [2.45, 2.75) is 64.7 Å². The Hall–Kier alpha value is -1.97. The van der Waals surface area contributed by atoms with Crippen molar-refractivity contribution in [3.05, 3.63) is 36.4 Å². The molecule has 0 atom stereocenters. The van der Waals surface area contributed by atoms with Gasteiger partial charge in [0.05, 0.1) is 5.52 Å². The average molecular weight is 313 g/mol. The molecular formula is C19H27N3O. The monoisotopic (exact) mass is 313 g/mol. The van der Waals surface area contributed by atoms with Gasteiger partial charge in [0.15, 0.2) is 0 Å². The predicted molar refractivity (Wildman–Crippen MR) is 94.5 cm³/mol. The molecule has 0 fully saturated rings. The van der Waals surface area contributed by atoms with Gasteiger partial charge in [0, 0.05) is 6.42 Å².